The number of alkyl halides is 4. The minimum atomic E-state index is -5.04. The number of carbonyl (C=O) groups is 1. The molecule has 2 atom stereocenters. The van der Waals surface area contributed by atoms with Crippen LogP contribution in [-0.4, -0.2) is 29.5 Å². The lowest BCUT2D eigenvalue weighted by atomic mass is 9.85. The number of anilines is 1. The van der Waals surface area contributed by atoms with Crippen molar-refractivity contribution in [2.75, 3.05) is 11.9 Å². The van der Waals surface area contributed by atoms with E-state index in [1.54, 1.807) is 5.32 Å². The molecular formula is C19H16F5N5O. The van der Waals surface area contributed by atoms with Crippen LogP contribution in [0.5, 0.6) is 0 Å². The van der Waals surface area contributed by atoms with Gasteiger partial charge < -0.3 is 21.3 Å². The predicted octanol–water partition coefficient (Wildman–Crippen LogP) is 3.24. The molecule has 0 unspecified atom stereocenters. The average molecular weight is 425 g/mol. The van der Waals surface area contributed by atoms with Crippen molar-refractivity contribution >= 4 is 17.6 Å². The van der Waals surface area contributed by atoms with Gasteiger partial charge in [0.05, 0.1) is 6.54 Å². The van der Waals surface area contributed by atoms with Gasteiger partial charge >= 0.3 is 12.2 Å². The highest BCUT2D eigenvalue weighted by Gasteiger charge is 2.59. The molecule has 4 rings (SSSR count). The van der Waals surface area contributed by atoms with Crippen LogP contribution >= 0.6 is 0 Å². The van der Waals surface area contributed by atoms with E-state index < -0.39 is 41.0 Å². The Balaban J connectivity index is 1.80. The molecule has 3 aliphatic rings. The maximum absolute atomic E-state index is 15.0. The molecule has 2 amide bonds. The second-order valence-corrected chi connectivity index (χ2v) is 7.22. The molecule has 6 nitrogen and oxygen atoms in total. The van der Waals surface area contributed by atoms with Gasteiger partial charge in [-0.1, -0.05) is 11.8 Å². The van der Waals surface area contributed by atoms with Crippen LogP contribution in [-0.2, 0) is 5.54 Å². The van der Waals surface area contributed by atoms with E-state index in [-0.39, 0.29) is 24.0 Å². The van der Waals surface area contributed by atoms with Crippen LogP contribution in [0.15, 0.2) is 29.5 Å². The summed E-state index contributed by atoms with van der Waals surface area (Å²) in [6.45, 7) is -0.137. The minimum Gasteiger partial charge on any atom is -0.386 e. The molecule has 0 bridgehead atoms. The zero-order valence-electron chi connectivity index (χ0n) is 15.4. The van der Waals surface area contributed by atoms with Gasteiger partial charge in [0, 0.05) is 35.1 Å². The molecule has 0 spiro atoms. The highest BCUT2D eigenvalue weighted by atomic mass is 19.4. The fraction of sp³-hybridized carbons (Fsp3) is 0.368. The normalized spacial score (nSPS) is 24.1. The molecule has 1 saturated carbocycles. The molecular weight excluding hydrogens is 409 g/mol. The van der Waals surface area contributed by atoms with Gasteiger partial charge in [-0.2, -0.15) is 13.2 Å². The molecule has 158 valence electrons. The van der Waals surface area contributed by atoms with Crippen LogP contribution in [0.25, 0.3) is 0 Å². The van der Waals surface area contributed by atoms with E-state index in [4.69, 9.17) is 5.73 Å². The summed E-state index contributed by atoms with van der Waals surface area (Å²) in [7, 11) is 0. The van der Waals surface area contributed by atoms with Crippen molar-refractivity contribution in [1.29, 1.82) is 0 Å². The summed E-state index contributed by atoms with van der Waals surface area (Å²) < 4.78 is 71.9. The van der Waals surface area contributed by atoms with Crippen LogP contribution < -0.4 is 16.4 Å². The number of rotatable bonds is 2. The van der Waals surface area contributed by atoms with Crippen molar-refractivity contribution < 1.29 is 26.7 Å². The Morgan fingerprint density at radius 2 is 2.07 bits per heavy atom. The predicted molar refractivity (Wildman–Crippen MR) is 98.1 cm³/mol. The average Bonchev–Trinajstić information content (AvgIpc) is 3.49. The summed E-state index contributed by atoms with van der Waals surface area (Å²) >= 11 is 0. The van der Waals surface area contributed by atoms with E-state index in [9.17, 15) is 26.7 Å². The molecule has 4 N–H and O–H groups in total. The van der Waals surface area contributed by atoms with E-state index in [1.807, 2.05) is 0 Å². The molecule has 30 heavy (non-hydrogen) atoms. The summed E-state index contributed by atoms with van der Waals surface area (Å²) in [5, 5.41) is 3.98. The molecule has 1 fully saturated rings. The van der Waals surface area contributed by atoms with E-state index in [1.165, 1.54) is 12.4 Å². The first-order valence-corrected chi connectivity index (χ1v) is 9.02. The molecule has 2 heterocycles. The van der Waals surface area contributed by atoms with Crippen LogP contribution in [0.1, 0.15) is 30.3 Å². The molecule has 1 aromatic rings. The molecule has 2 aliphatic heterocycles. The van der Waals surface area contributed by atoms with Gasteiger partial charge in [-0.15, -0.1) is 0 Å². The zero-order valence-corrected chi connectivity index (χ0v) is 15.4. The standard InChI is InChI=1S/C19H16F5N5O/c20-13-8-12-14(7-11(13)16(21)29-6-5-26-15(25)9-29)27-17(30)28-18(12,19(22,23)24)4-3-10-1-2-10/h5-8,10,16H,1-2,9H2,(H2,25,26)(H2,27,28,30)/t16-,18-/m0/s1. The number of aliphatic imine (C=N–C) groups is 1. The lowest BCUT2D eigenvalue weighted by molar-refractivity contribution is -0.178. The number of fused-ring (bicyclic) bond motifs is 1. The Kier molecular flexibility index (Phi) is 4.60. The lowest BCUT2D eigenvalue weighted by Crippen LogP contribution is -2.59. The number of hydrogen-bond acceptors (Lipinski definition) is 4. The molecule has 0 saturated heterocycles. The molecule has 0 aromatic heterocycles. The molecule has 1 aliphatic carbocycles. The number of carbonyl (C=O) groups excluding carboxylic acids is 1. The highest BCUT2D eigenvalue weighted by Crippen LogP contribution is 2.46. The minimum absolute atomic E-state index is 0.0856. The SMILES string of the molecule is NC1=NC=CN([C@H](F)c2cc3c(cc2F)[C@@](C#CC2CC2)(C(F)(F)F)NC(=O)N3)C1. The van der Waals surface area contributed by atoms with Crippen LogP contribution in [0.2, 0.25) is 0 Å². The summed E-state index contributed by atoms with van der Waals surface area (Å²) in [6.07, 6.45) is -3.33. The topological polar surface area (TPSA) is 82.8 Å². The number of hydrogen-bond donors (Lipinski definition) is 3. The number of nitrogens with zero attached hydrogens (tertiary/aromatic N) is 2. The van der Waals surface area contributed by atoms with Crippen molar-refractivity contribution in [2.24, 2.45) is 16.6 Å². The molecule has 11 heteroatoms. The van der Waals surface area contributed by atoms with Gasteiger partial charge in [0.1, 0.15) is 11.7 Å². The number of nitrogens with one attached hydrogen (secondary N) is 2. The molecule has 0 radical (unpaired) electrons. The van der Waals surface area contributed by atoms with E-state index in [2.05, 4.69) is 22.2 Å². The van der Waals surface area contributed by atoms with Gasteiger partial charge in [-0.25, -0.2) is 18.6 Å². The number of amides is 2. The first-order valence-electron chi connectivity index (χ1n) is 9.02. The smallest absolute Gasteiger partial charge is 0.386 e. The Hall–Kier alpha value is -3.29. The first kappa shape index (κ1) is 20.0. The van der Waals surface area contributed by atoms with Crippen molar-refractivity contribution in [3.05, 3.63) is 41.5 Å². The van der Waals surface area contributed by atoms with Crippen LogP contribution in [0, 0.1) is 23.6 Å². The van der Waals surface area contributed by atoms with Crippen molar-refractivity contribution in [2.45, 2.75) is 30.9 Å². The maximum atomic E-state index is 15.0. The third-order valence-electron chi connectivity index (χ3n) is 4.95. The summed E-state index contributed by atoms with van der Waals surface area (Å²) in [4.78, 5) is 16.8. The summed E-state index contributed by atoms with van der Waals surface area (Å²) in [5.41, 5.74) is 0.889. The summed E-state index contributed by atoms with van der Waals surface area (Å²) in [5.74, 6) is 3.28. The van der Waals surface area contributed by atoms with Crippen molar-refractivity contribution in [3.63, 3.8) is 0 Å². The molecule has 1 aromatic carbocycles. The van der Waals surface area contributed by atoms with Gasteiger partial charge in [0.2, 0.25) is 11.8 Å². The number of benzene rings is 1. The third kappa shape index (κ3) is 3.42. The van der Waals surface area contributed by atoms with Gasteiger partial charge in [-0.05, 0) is 25.0 Å². The summed E-state index contributed by atoms with van der Waals surface area (Å²) in [6, 6.07) is 0.236. The fourth-order valence-corrected chi connectivity index (χ4v) is 3.24. The maximum Gasteiger partial charge on any atom is 0.427 e. The second-order valence-electron chi connectivity index (χ2n) is 7.22. The monoisotopic (exact) mass is 425 g/mol. The van der Waals surface area contributed by atoms with E-state index in [0.717, 1.165) is 11.0 Å². The van der Waals surface area contributed by atoms with Crippen LogP contribution in [0.4, 0.5) is 32.4 Å². The highest BCUT2D eigenvalue weighted by molar-refractivity contribution is 5.95. The van der Waals surface area contributed by atoms with Gasteiger partial charge in [0.15, 0.2) is 0 Å². The quantitative estimate of drug-likeness (QED) is 0.387. The number of nitrogens with two attached hydrogens (primary N) is 1. The third-order valence-corrected chi connectivity index (χ3v) is 4.95. The zero-order chi connectivity index (χ0) is 21.7. The van der Waals surface area contributed by atoms with Crippen LogP contribution in [0.3, 0.4) is 0 Å². The van der Waals surface area contributed by atoms with Gasteiger partial charge in [0.25, 0.3) is 0 Å². The Labute approximate surface area is 168 Å². The number of halogens is 5. The largest absolute Gasteiger partial charge is 0.427 e. The van der Waals surface area contributed by atoms with Crippen molar-refractivity contribution in [1.82, 2.24) is 10.2 Å². The number of urea groups is 1. The van der Waals surface area contributed by atoms with E-state index >= 15 is 0 Å². The van der Waals surface area contributed by atoms with Crippen molar-refractivity contribution in [3.8, 4) is 11.8 Å². The number of amidine groups is 1. The Bertz CT molecular complexity index is 1020. The Morgan fingerprint density at radius 1 is 1.33 bits per heavy atom. The fourth-order valence-electron chi connectivity index (χ4n) is 3.24. The van der Waals surface area contributed by atoms with E-state index in [0.29, 0.717) is 18.9 Å². The lowest BCUT2D eigenvalue weighted by Gasteiger charge is -2.38. The Morgan fingerprint density at radius 3 is 2.70 bits per heavy atom. The first-order chi connectivity index (χ1) is 14.1. The second kappa shape index (κ2) is 6.90. The van der Waals surface area contributed by atoms with Gasteiger partial charge in [-0.3, -0.25) is 0 Å².